The molecular weight excluding hydrogens is 246 g/mol. The fraction of sp³-hybridized carbons (Fsp3) is 0.692. The normalized spacial score (nSPS) is 17.5. The predicted molar refractivity (Wildman–Crippen MR) is 74.3 cm³/mol. The van der Waals surface area contributed by atoms with Gasteiger partial charge in [-0.05, 0) is 19.9 Å². The number of rotatable bonds is 2. The van der Waals surface area contributed by atoms with E-state index in [2.05, 4.69) is 30.8 Å². The molecule has 100 valence electrons. The summed E-state index contributed by atoms with van der Waals surface area (Å²) in [6.45, 7) is 9.72. The highest BCUT2D eigenvalue weighted by Crippen LogP contribution is 2.26. The maximum absolute atomic E-state index is 12.5. The summed E-state index contributed by atoms with van der Waals surface area (Å²) in [6.07, 6.45) is 0. The molecule has 0 unspecified atom stereocenters. The lowest BCUT2D eigenvalue weighted by Crippen LogP contribution is -2.47. The first-order valence-corrected chi connectivity index (χ1v) is 7.26. The second kappa shape index (κ2) is 5.36. The molecule has 0 spiro atoms. The van der Waals surface area contributed by atoms with E-state index in [1.165, 1.54) is 11.3 Å². The molecule has 0 radical (unpaired) electrons. The van der Waals surface area contributed by atoms with E-state index in [4.69, 9.17) is 0 Å². The number of piperazine rings is 1. The Kier molecular flexibility index (Phi) is 4.02. The van der Waals surface area contributed by atoms with E-state index >= 15 is 0 Å². The van der Waals surface area contributed by atoms with Gasteiger partial charge in [0.1, 0.15) is 4.88 Å². The van der Waals surface area contributed by atoms with E-state index < -0.39 is 0 Å². The topological polar surface area (TPSA) is 36.4 Å². The van der Waals surface area contributed by atoms with Crippen LogP contribution in [-0.2, 0) is 0 Å². The number of amides is 1. The van der Waals surface area contributed by atoms with Crippen LogP contribution in [0.4, 0.5) is 0 Å². The summed E-state index contributed by atoms with van der Waals surface area (Å²) in [5.74, 6) is 0.471. The zero-order chi connectivity index (χ0) is 13.3. The third kappa shape index (κ3) is 2.72. The van der Waals surface area contributed by atoms with Gasteiger partial charge in [0.2, 0.25) is 0 Å². The van der Waals surface area contributed by atoms with Crippen LogP contribution in [0, 0.1) is 6.92 Å². The fourth-order valence-electron chi connectivity index (χ4n) is 2.14. The van der Waals surface area contributed by atoms with Gasteiger partial charge in [-0.1, -0.05) is 13.8 Å². The maximum Gasteiger partial charge on any atom is 0.265 e. The Morgan fingerprint density at radius 1 is 1.28 bits per heavy atom. The zero-order valence-electron chi connectivity index (χ0n) is 11.6. The number of aromatic nitrogens is 1. The number of hydrogen-bond donors (Lipinski definition) is 0. The summed E-state index contributed by atoms with van der Waals surface area (Å²) in [7, 11) is 2.10. The lowest BCUT2D eigenvalue weighted by molar-refractivity contribution is 0.0667. The molecule has 0 saturated carbocycles. The number of carbonyl (C=O) groups excluding carboxylic acids is 1. The molecule has 0 bridgehead atoms. The number of likely N-dealkylation sites (N-methyl/N-ethyl adjacent to an activating group) is 1. The van der Waals surface area contributed by atoms with Gasteiger partial charge >= 0.3 is 0 Å². The molecule has 2 heterocycles. The van der Waals surface area contributed by atoms with Crippen molar-refractivity contribution in [3.63, 3.8) is 0 Å². The van der Waals surface area contributed by atoms with Crippen molar-refractivity contribution in [2.75, 3.05) is 33.2 Å². The van der Waals surface area contributed by atoms with Gasteiger partial charge in [0.05, 0.1) is 10.7 Å². The fourth-order valence-corrected chi connectivity index (χ4v) is 3.18. The standard InChI is InChI=1S/C13H21N3OS/c1-9(2)11-12(18-10(3)14-11)13(17)16-7-5-15(4)6-8-16/h9H,5-8H2,1-4H3. The second-order valence-corrected chi connectivity index (χ2v) is 6.40. The highest BCUT2D eigenvalue weighted by molar-refractivity contribution is 7.13. The van der Waals surface area contributed by atoms with Gasteiger partial charge in [-0.25, -0.2) is 4.98 Å². The van der Waals surface area contributed by atoms with E-state index in [1.54, 1.807) is 0 Å². The molecule has 1 aliphatic rings. The molecule has 1 aromatic rings. The third-order valence-corrected chi connectivity index (χ3v) is 4.27. The van der Waals surface area contributed by atoms with Crippen molar-refractivity contribution in [3.8, 4) is 0 Å². The first-order chi connectivity index (χ1) is 8.49. The number of thiazole rings is 1. The van der Waals surface area contributed by atoms with Crippen molar-refractivity contribution in [3.05, 3.63) is 15.6 Å². The van der Waals surface area contributed by atoms with Gasteiger partial charge in [0, 0.05) is 26.2 Å². The highest BCUT2D eigenvalue weighted by atomic mass is 32.1. The van der Waals surface area contributed by atoms with Crippen molar-refractivity contribution < 1.29 is 4.79 Å². The van der Waals surface area contributed by atoms with E-state index in [9.17, 15) is 4.79 Å². The van der Waals surface area contributed by atoms with Crippen LogP contribution in [0.2, 0.25) is 0 Å². The molecule has 4 nitrogen and oxygen atoms in total. The Bertz CT molecular complexity index is 433. The molecule has 0 aromatic carbocycles. The molecule has 1 amide bonds. The molecule has 0 N–H and O–H groups in total. The number of aryl methyl sites for hydroxylation is 1. The van der Waals surface area contributed by atoms with Crippen LogP contribution in [0.5, 0.6) is 0 Å². The van der Waals surface area contributed by atoms with Crippen molar-refractivity contribution in [2.24, 2.45) is 0 Å². The van der Waals surface area contributed by atoms with Crippen molar-refractivity contribution in [1.82, 2.24) is 14.8 Å². The van der Waals surface area contributed by atoms with Crippen LogP contribution >= 0.6 is 11.3 Å². The van der Waals surface area contributed by atoms with Crippen LogP contribution in [0.3, 0.4) is 0 Å². The summed E-state index contributed by atoms with van der Waals surface area (Å²) in [5.41, 5.74) is 0.960. The summed E-state index contributed by atoms with van der Waals surface area (Å²) in [6, 6.07) is 0. The monoisotopic (exact) mass is 267 g/mol. The average molecular weight is 267 g/mol. The lowest BCUT2D eigenvalue weighted by atomic mass is 10.1. The third-order valence-electron chi connectivity index (χ3n) is 3.29. The smallest absolute Gasteiger partial charge is 0.265 e. The van der Waals surface area contributed by atoms with Gasteiger partial charge < -0.3 is 9.80 Å². The largest absolute Gasteiger partial charge is 0.335 e. The summed E-state index contributed by atoms with van der Waals surface area (Å²) in [5, 5.41) is 0.983. The number of nitrogens with zero attached hydrogens (tertiary/aromatic N) is 3. The minimum absolute atomic E-state index is 0.164. The van der Waals surface area contributed by atoms with E-state index in [0.717, 1.165) is 41.8 Å². The number of hydrogen-bond acceptors (Lipinski definition) is 4. The Labute approximate surface area is 113 Å². The van der Waals surface area contributed by atoms with Crippen molar-refractivity contribution in [2.45, 2.75) is 26.7 Å². The van der Waals surface area contributed by atoms with E-state index in [1.807, 2.05) is 11.8 Å². The summed E-state index contributed by atoms with van der Waals surface area (Å²) in [4.78, 5) is 22.1. The summed E-state index contributed by atoms with van der Waals surface area (Å²) < 4.78 is 0. The molecule has 1 aromatic heterocycles. The van der Waals surface area contributed by atoms with Gasteiger partial charge in [-0.15, -0.1) is 11.3 Å². The Morgan fingerprint density at radius 3 is 2.44 bits per heavy atom. The molecule has 0 atom stereocenters. The van der Waals surface area contributed by atoms with Gasteiger partial charge in [-0.2, -0.15) is 0 Å². The van der Waals surface area contributed by atoms with Gasteiger partial charge in [0.15, 0.2) is 0 Å². The maximum atomic E-state index is 12.5. The second-order valence-electron chi connectivity index (χ2n) is 5.20. The van der Waals surface area contributed by atoms with Crippen LogP contribution in [0.15, 0.2) is 0 Å². The predicted octanol–water partition coefficient (Wildman–Crippen LogP) is 1.96. The van der Waals surface area contributed by atoms with Crippen LogP contribution in [-0.4, -0.2) is 53.9 Å². The minimum atomic E-state index is 0.164. The van der Waals surface area contributed by atoms with Crippen LogP contribution in [0.1, 0.15) is 40.1 Å². The minimum Gasteiger partial charge on any atom is -0.335 e. The molecule has 18 heavy (non-hydrogen) atoms. The van der Waals surface area contributed by atoms with Crippen molar-refractivity contribution in [1.29, 1.82) is 0 Å². The van der Waals surface area contributed by atoms with Crippen molar-refractivity contribution >= 4 is 17.2 Å². The SMILES string of the molecule is Cc1nc(C(C)C)c(C(=O)N2CCN(C)CC2)s1. The highest BCUT2D eigenvalue weighted by Gasteiger charge is 2.25. The molecule has 0 aliphatic carbocycles. The first kappa shape index (κ1) is 13.5. The lowest BCUT2D eigenvalue weighted by Gasteiger charge is -2.32. The Hall–Kier alpha value is -0.940. The quantitative estimate of drug-likeness (QED) is 0.822. The van der Waals surface area contributed by atoms with Gasteiger partial charge in [-0.3, -0.25) is 4.79 Å². The molecule has 1 aliphatic heterocycles. The van der Waals surface area contributed by atoms with Crippen LogP contribution in [0.25, 0.3) is 0 Å². The first-order valence-electron chi connectivity index (χ1n) is 6.44. The molecular formula is C13H21N3OS. The molecule has 1 fully saturated rings. The summed E-state index contributed by atoms with van der Waals surface area (Å²) >= 11 is 1.53. The Balaban J connectivity index is 2.18. The molecule has 5 heteroatoms. The van der Waals surface area contributed by atoms with Crippen LogP contribution < -0.4 is 0 Å². The van der Waals surface area contributed by atoms with Gasteiger partial charge in [0.25, 0.3) is 5.91 Å². The average Bonchev–Trinajstić information content (AvgIpc) is 2.71. The molecule has 1 saturated heterocycles. The molecule has 2 rings (SSSR count). The van der Waals surface area contributed by atoms with E-state index in [-0.39, 0.29) is 5.91 Å². The Morgan fingerprint density at radius 2 is 1.89 bits per heavy atom. The zero-order valence-corrected chi connectivity index (χ0v) is 12.4. The van der Waals surface area contributed by atoms with E-state index in [0.29, 0.717) is 5.92 Å². The number of carbonyl (C=O) groups is 1.